The maximum atomic E-state index is 10.1. The van der Waals surface area contributed by atoms with E-state index in [1.165, 1.54) is 0 Å². The fourth-order valence-corrected chi connectivity index (χ4v) is 0.701. The Morgan fingerprint density at radius 1 is 1.44 bits per heavy atom. The van der Waals surface area contributed by atoms with Gasteiger partial charge in [-0.2, -0.15) is 0 Å². The van der Waals surface area contributed by atoms with Crippen LogP contribution in [0.4, 0.5) is 0 Å². The summed E-state index contributed by atoms with van der Waals surface area (Å²) in [5, 5.41) is 0. The van der Waals surface area contributed by atoms with Crippen LogP contribution >= 0.6 is 0 Å². The van der Waals surface area contributed by atoms with Gasteiger partial charge in [-0.05, 0) is 6.92 Å². The predicted octanol–water partition coefficient (Wildman–Crippen LogP) is -0.136. The molecule has 0 heterocycles. The first-order valence-electron chi connectivity index (χ1n) is 1.85. The Balaban J connectivity index is 0. The SMILES string of the molecule is CC(=O)[N-]S(C)(=O)=O.[Pt]. The van der Waals surface area contributed by atoms with Crippen LogP contribution in [-0.4, -0.2) is 20.6 Å². The first-order valence-corrected chi connectivity index (χ1v) is 3.70. The van der Waals surface area contributed by atoms with Gasteiger partial charge in [-0.3, -0.25) is 0 Å². The Hall–Kier alpha value is 0.108. The van der Waals surface area contributed by atoms with Crippen LogP contribution in [-0.2, 0) is 35.9 Å². The van der Waals surface area contributed by atoms with E-state index in [0.717, 1.165) is 13.2 Å². The van der Waals surface area contributed by atoms with E-state index in [1.54, 1.807) is 0 Å². The van der Waals surface area contributed by atoms with Crippen molar-refractivity contribution < 1.29 is 34.3 Å². The molecule has 0 aromatic rings. The van der Waals surface area contributed by atoms with Gasteiger partial charge in [0.15, 0.2) is 0 Å². The number of carbonyl (C=O) groups is 1. The molecule has 1 amide bonds. The van der Waals surface area contributed by atoms with E-state index in [9.17, 15) is 13.2 Å². The topological polar surface area (TPSA) is 65.3 Å². The summed E-state index contributed by atoms with van der Waals surface area (Å²) in [5.41, 5.74) is 0. The van der Waals surface area contributed by atoms with Gasteiger partial charge in [0.25, 0.3) is 0 Å². The molecule has 9 heavy (non-hydrogen) atoms. The summed E-state index contributed by atoms with van der Waals surface area (Å²) in [6.45, 7) is 1.08. The van der Waals surface area contributed by atoms with E-state index >= 15 is 0 Å². The molecule has 0 atom stereocenters. The van der Waals surface area contributed by atoms with Gasteiger partial charge in [0.1, 0.15) is 0 Å². The first-order chi connectivity index (χ1) is 3.42. The number of carbonyl (C=O) groups excluding carboxylic acids is 1. The molecule has 6 heteroatoms. The van der Waals surface area contributed by atoms with Gasteiger partial charge >= 0.3 is 0 Å². The molecule has 0 aromatic heterocycles. The standard InChI is InChI=1S/C3H7NO3S.Pt/c1-3(5)4-8(2,6)7;/h1-2H3,(H,4,5);/p-1. The number of amides is 1. The zero-order valence-corrected chi connectivity index (χ0v) is 7.99. The summed E-state index contributed by atoms with van der Waals surface area (Å²) < 4.78 is 22.9. The summed E-state index contributed by atoms with van der Waals surface area (Å²) in [4.78, 5) is 9.91. The van der Waals surface area contributed by atoms with Crippen molar-refractivity contribution in [2.24, 2.45) is 0 Å². The van der Waals surface area contributed by atoms with Crippen LogP contribution in [0.25, 0.3) is 4.72 Å². The fourth-order valence-electron chi connectivity index (χ4n) is 0.234. The van der Waals surface area contributed by atoms with Crippen molar-refractivity contribution in [1.82, 2.24) is 0 Å². The first kappa shape index (κ1) is 11.9. The molecular weight excluding hydrogens is 325 g/mol. The molecule has 0 fully saturated rings. The molecule has 0 aliphatic carbocycles. The Bertz CT molecular complexity index is 185. The third kappa shape index (κ3) is 11.6. The van der Waals surface area contributed by atoms with E-state index < -0.39 is 15.9 Å². The van der Waals surface area contributed by atoms with Crippen LogP contribution in [0, 0.1) is 0 Å². The van der Waals surface area contributed by atoms with Crippen molar-refractivity contribution in [2.45, 2.75) is 6.92 Å². The number of sulfonamides is 1. The van der Waals surface area contributed by atoms with Crippen molar-refractivity contribution in [3.63, 3.8) is 0 Å². The molecule has 0 N–H and O–H groups in total. The Morgan fingerprint density at radius 3 is 1.78 bits per heavy atom. The van der Waals surface area contributed by atoms with E-state index in [2.05, 4.69) is 4.72 Å². The van der Waals surface area contributed by atoms with Crippen molar-refractivity contribution in [3.05, 3.63) is 4.72 Å². The minimum atomic E-state index is -3.45. The summed E-state index contributed by atoms with van der Waals surface area (Å²) >= 11 is 0. The van der Waals surface area contributed by atoms with Gasteiger partial charge < -0.3 is 9.52 Å². The largest absolute Gasteiger partial charge is 0.546 e. The van der Waals surface area contributed by atoms with Crippen LogP contribution in [0.3, 0.4) is 0 Å². The molecule has 0 aliphatic heterocycles. The fraction of sp³-hybridized carbons (Fsp3) is 0.667. The molecule has 0 saturated heterocycles. The smallest absolute Gasteiger partial charge is 0.0928 e. The van der Waals surface area contributed by atoms with Crippen molar-refractivity contribution in [2.75, 3.05) is 6.26 Å². The van der Waals surface area contributed by atoms with Crippen molar-refractivity contribution >= 4 is 15.9 Å². The van der Waals surface area contributed by atoms with Crippen LogP contribution in [0.5, 0.6) is 0 Å². The van der Waals surface area contributed by atoms with Crippen LogP contribution in [0.1, 0.15) is 6.92 Å². The average molecular weight is 331 g/mol. The molecule has 0 saturated carbocycles. The van der Waals surface area contributed by atoms with Gasteiger partial charge in [0, 0.05) is 27.3 Å². The van der Waals surface area contributed by atoms with Gasteiger partial charge in [-0.15, -0.1) is 0 Å². The number of hydrogen-bond acceptors (Lipinski definition) is 3. The molecule has 58 valence electrons. The number of rotatable bonds is 1. The molecule has 0 bridgehead atoms. The van der Waals surface area contributed by atoms with Crippen LogP contribution < -0.4 is 0 Å². The molecule has 0 radical (unpaired) electrons. The summed E-state index contributed by atoms with van der Waals surface area (Å²) in [5.74, 6) is -0.687. The predicted molar refractivity (Wildman–Crippen MR) is 28.9 cm³/mol. The normalized spacial score (nSPS) is 9.56. The second-order valence-corrected chi connectivity index (χ2v) is 2.99. The minimum Gasteiger partial charge on any atom is -0.546 e. The average Bonchev–Trinajstić information content (AvgIpc) is 1.21. The number of hydrogen-bond donors (Lipinski definition) is 0. The van der Waals surface area contributed by atoms with Crippen molar-refractivity contribution in [1.29, 1.82) is 0 Å². The van der Waals surface area contributed by atoms with Gasteiger partial charge in [0.2, 0.25) is 0 Å². The van der Waals surface area contributed by atoms with Crippen LogP contribution in [0.2, 0.25) is 0 Å². The van der Waals surface area contributed by atoms with Gasteiger partial charge in [-0.1, -0.05) is 0 Å². The molecule has 0 unspecified atom stereocenters. The maximum Gasteiger partial charge on any atom is 0.0928 e. The Morgan fingerprint density at radius 2 is 1.78 bits per heavy atom. The molecular formula is C3H6NO3PtS-. The molecule has 0 spiro atoms. The maximum absolute atomic E-state index is 10.1. The third-order valence-electron chi connectivity index (χ3n) is 0.294. The number of nitrogens with zero attached hydrogens (tertiary/aromatic N) is 1. The van der Waals surface area contributed by atoms with Crippen molar-refractivity contribution in [3.8, 4) is 0 Å². The molecule has 4 nitrogen and oxygen atoms in total. The summed E-state index contributed by atoms with van der Waals surface area (Å²) in [6.07, 6.45) is 0.869. The van der Waals surface area contributed by atoms with Gasteiger partial charge in [-0.25, -0.2) is 8.42 Å². The molecule has 0 aromatic carbocycles. The zero-order chi connectivity index (χ0) is 6.78. The monoisotopic (exact) mass is 331 g/mol. The van der Waals surface area contributed by atoms with E-state index in [1.807, 2.05) is 0 Å². The summed E-state index contributed by atoms with van der Waals surface area (Å²) in [6, 6.07) is 0. The Kier molecular flexibility index (Phi) is 5.28. The minimum absolute atomic E-state index is 0. The van der Waals surface area contributed by atoms with E-state index in [0.29, 0.717) is 0 Å². The van der Waals surface area contributed by atoms with Crippen LogP contribution in [0.15, 0.2) is 0 Å². The summed E-state index contributed by atoms with van der Waals surface area (Å²) in [7, 11) is -3.45. The molecule has 0 aliphatic rings. The zero-order valence-electron chi connectivity index (χ0n) is 4.90. The molecule has 0 rings (SSSR count). The van der Waals surface area contributed by atoms with E-state index in [-0.39, 0.29) is 21.1 Å². The Labute approximate surface area is 68.3 Å². The second-order valence-electron chi connectivity index (χ2n) is 1.34. The van der Waals surface area contributed by atoms with E-state index in [4.69, 9.17) is 0 Å². The van der Waals surface area contributed by atoms with Gasteiger partial charge in [0.05, 0.1) is 15.9 Å². The second kappa shape index (κ2) is 4.01. The third-order valence-corrected chi connectivity index (χ3v) is 0.883. The quantitative estimate of drug-likeness (QED) is 0.672.